The fourth-order valence-corrected chi connectivity index (χ4v) is 5.70. The summed E-state index contributed by atoms with van der Waals surface area (Å²) in [7, 11) is 0. The Hall–Kier alpha value is -2.58. The highest BCUT2D eigenvalue weighted by Gasteiger charge is 2.60. The number of nitrogens with zero attached hydrogens (tertiary/aromatic N) is 3. The Kier molecular flexibility index (Phi) is 4.71. The molecule has 1 aromatic carbocycles. The number of carbonyl (C=O) groups excluding carboxylic acids is 3. The predicted octanol–water partition coefficient (Wildman–Crippen LogP) is 3.38. The molecule has 1 N–H and O–H groups in total. The third-order valence-electron chi connectivity index (χ3n) is 6.22. The van der Waals surface area contributed by atoms with Gasteiger partial charge in [-0.1, -0.05) is 47.2 Å². The number of benzene rings is 1. The average Bonchev–Trinajstić information content (AvgIpc) is 3.47. The van der Waals surface area contributed by atoms with Crippen molar-refractivity contribution >= 4 is 45.8 Å². The third kappa shape index (κ3) is 3.15. The molecule has 0 radical (unpaired) electrons. The second kappa shape index (κ2) is 7.28. The Morgan fingerprint density at radius 2 is 1.80 bits per heavy atom. The number of imide groups is 1. The summed E-state index contributed by atoms with van der Waals surface area (Å²) >= 11 is 7.29. The minimum atomic E-state index is -0.693. The molecule has 0 spiro atoms. The number of fused-ring (bicyclic) bond motifs is 5. The van der Waals surface area contributed by atoms with Crippen molar-refractivity contribution in [2.45, 2.75) is 25.8 Å². The first-order chi connectivity index (χ1) is 14.4. The maximum absolute atomic E-state index is 13.3. The molecule has 7 nitrogen and oxygen atoms in total. The fraction of sp³-hybridized carbons (Fsp3) is 0.381. The first-order valence-electron chi connectivity index (χ1n) is 9.83. The summed E-state index contributed by atoms with van der Waals surface area (Å²) in [5.41, 5.74) is 0.699. The van der Waals surface area contributed by atoms with Crippen molar-refractivity contribution in [3.05, 3.63) is 52.0 Å². The van der Waals surface area contributed by atoms with E-state index in [0.717, 1.165) is 11.4 Å². The van der Waals surface area contributed by atoms with E-state index in [0.29, 0.717) is 15.7 Å². The van der Waals surface area contributed by atoms with Crippen LogP contribution in [0.2, 0.25) is 5.02 Å². The summed E-state index contributed by atoms with van der Waals surface area (Å²) in [5, 5.41) is 12.2. The van der Waals surface area contributed by atoms with Gasteiger partial charge in [0.2, 0.25) is 22.9 Å². The highest BCUT2D eigenvalue weighted by atomic mass is 35.5. The van der Waals surface area contributed by atoms with Crippen LogP contribution in [0, 0.1) is 30.6 Å². The van der Waals surface area contributed by atoms with Gasteiger partial charge in [0, 0.05) is 5.02 Å². The van der Waals surface area contributed by atoms with Gasteiger partial charge in [-0.3, -0.25) is 19.3 Å². The molecule has 1 aliphatic heterocycles. The maximum Gasteiger partial charge on any atom is 0.234 e. The Balaban J connectivity index is 1.44. The Morgan fingerprint density at radius 3 is 2.37 bits per heavy atom. The van der Waals surface area contributed by atoms with Crippen molar-refractivity contribution in [1.82, 2.24) is 15.1 Å². The summed E-state index contributed by atoms with van der Waals surface area (Å²) in [5.74, 6) is -1.07. The van der Waals surface area contributed by atoms with E-state index in [1.165, 1.54) is 16.2 Å². The lowest BCUT2D eigenvalue weighted by Crippen LogP contribution is -2.38. The van der Waals surface area contributed by atoms with Gasteiger partial charge in [0.15, 0.2) is 0 Å². The van der Waals surface area contributed by atoms with Crippen LogP contribution in [0.3, 0.4) is 0 Å². The summed E-state index contributed by atoms with van der Waals surface area (Å²) < 4.78 is 0. The lowest BCUT2D eigenvalue weighted by atomic mass is 9.85. The largest absolute Gasteiger partial charge is 0.300 e. The van der Waals surface area contributed by atoms with Gasteiger partial charge in [-0.25, -0.2) is 0 Å². The van der Waals surface area contributed by atoms with E-state index in [-0.39, 0.29) is 47.8 Å². The number of likely N-dealkylation sites (tertiary alicyclic amines) is 1. The molecule has 5 atom stereocenters. The first kappa shape index (κ1) is 19.4. The number of halogens is 1. The number of rotatable bonds is 5. The Morgan fingerprint density at radius 1 is 1.17 bits per heavy atom. The zero-order chi connectivity index (χ0) is 21.0. The third-order valence-corrected chi connectivity index (χ3v) is 7.23. The standard InChI is InChI=1S/C21H19ClN4O3S/c1-10-24-25-21(30-10)23-16(27)9-15(11-4-6-14(22)7-5-11)26-19(28)17-12-2-3-13(8-12)18(17)20(26)29/h2-7,12-13,15,17-18H,8-9H2,1H3,(H,23,25,27). The van der Waals surface area contributed by atoms with Gasteiger partial charge >= 0.3 is 0 Å². The number of hydrogen-bond donors (Lipinski definition) is 1. The van der Waals surface area contributed by atoms with Gasteiger partial charge in [-0.2, -0.15) is 0 Å². The van der Waals surface area contributed by atoms with Gasteiger partial charge in [0.1, 0.15) is 5.01 Å². The van der Waals surface area contributed by atoms with Crippen molar-refractivity contribution in [3.63, 3.8) is 0 Å². The summed E-state index contributed by atoms with van der Waals surface area (Å²) in [4.78, 5) is 40.7. The van der Waals surface area contributed by atoms with Crippen LogP contribution in [0.5, 0.6) is 0 Å². The second-order valence-electron chi connectivity index (χ2n) is 7.99. The lowest BCUT2D eigenvalue weighted by molar-refractivity contribution is -0.144. The number of nitrogens with one attached hydrogen (secondary N) is 1. The van der Waals surface area contributed by atoms with E-state index in [2.05, 4.69) is 27.7 Å². The van der Waals surface area contributed by atoms with Gasteiger partial charge < -0.3 is 5.32 Å². The number of aryl methyl sites for hydroxylation is 1. The van der Waals surface area contributed by atoms with Crippen molar-refractivity contribution < 1.29 is 14.4 Å². The number of aromatic nitrogens is 2. The molecule has 9 heteroatoms. The van der Waals surface area contributed by atoms with Gasteiger partial charge in [0.05, 0.1) is 24.3 Å². The van der Waals surface area contributed by atoms with Crippen LogP contribution >= 0.6 is 22.9 Å². The zero-order valence-electron chi connectivity index (χ0n) is 16.1. The number of allylic oxidation sites excluding steroid dienone is 2. The molecular formula is C21H19ClN4O3S. The van der Waals surface area contributed by atoms with Crippen LogP contribution in [-0.4, -0.2) is 32.8 Å². The Labute approximate surface area is 182 Å². The second-order valence-corrected chi connectivity index (χ2v) is 9.61. The lowest BCUT2D eigenvalue weighted by Gasteiger charge is -2.28. The van der Waals surface area contributed by atoms with Crippen LogP contribution in [0.25, 0.3) is 0 Å². The van der Waals surface area contributed by atoms with E-state index < -0.39 is 6.04 Å². The molecule has 2 aliphatic carbocycles. The minimum absolute atomic E-state index is 0.0556. The number of carbonyl (C=O) groups is 3. The zero-order valence-corrected chi connectivity index (χ0v) is 17.7. The Bertz CT molecular complexity index is 1040. The molecule has 154 valence electrons. The molecule has 3 amide bonds. The predicted molar refractivity (Wildman–Crippen MR) is 112 cm³/mol. The highest BCUT2D eigenvalue weighted by Crippen LogP contribution is 2.54. The van der Waals surface area contributed by atoms with Crippen molar-refractivity contribution in [3.8, 4) is 0 Å². The highest BCUT2D eigenvalue weighted by molar-refractivity contribution is 7.15. The van der Waals surface area contributed by atoms with E-state index >= 15 is 0 Å². The first-order valence-corrected chi connectivity index (χ1v) is 11.0. The quantitative estimate of drug-likeness (QED) is 0.566. The molecule has 2 aromatic rings. The minimum Gasteiger partial charge on any atom is -0.300 e. The van der Waals surface area contributed by atoms with Crippen LogP contribution in [-0.2, 0) is 14.4 Å². The molecule has 2 fully saturated rings. The van der Waals surface area contributed by atoms with Crippen LogP contribution < -0.4 is 5.32 Å². The molecule has 1 saturated heterocycles. The summed E-state index contributed by atoms with van der Waals surface area (Å²) in [6.07, 6.45) is 4.92. The molecule has 3 aliphatic rings. The number of hydrogen-bond acceptors (Lipinski definition) is 6. The molecule has 2 bridgehead atoms. The molecule has 2 heterocycles. The maximum atomic E-state index is 13.3. The summed E-state index contributed by atoms with van der Waals surface area (Å²) in [6, 6.07) is 6.23. The topological polar surface area (TPSA) is 92.3 Å². The number of amides is 3. The van der Waals surface area contributed by atoms with Gasteiger partial charge in [-0.15, -0.1) is 10.2 Å². The molecule has 1 saturated carbocycles. The van der Waals surface area contributed by atoms with Gasteiger partial charge in [0.25, 0.3) is 0 Å². The van der Waals surface area contributed by atoms with Crippen molar-refractivity contribution in [2.24, 2.45) is 23.7 Å². The van der Waals surface area contributed by atoms with Crippen molar-refractivity contribution in [1.29, 1.82) is 0 Å². The molecular weight excluding hydrogens is 424 g/mol. The van der Waals surface area contributed by atoms with Crippen LogP contribution in [0.1, 0.15) is 29.5 Å². The molecule has 1 aromatic heterocycles. The molecule has 5 rings (SSSR count). The fourth-order valence-electron chi connectivity index (χ4n) is 4.97. The summed E-state index contributed by atoms with van der Waals surface area (Å²) in [6.45, 7) is 1.80. The van der Waals surface area contributed by atoms with Crippen molar-refractivity contribution in [2.75, 3.05) is 5.32 Å². The van der Waals surface area contributed by atoms with E-state index in [1.807, 2.05) is 0 Å². The van der Waals surface area contributed by atoms with Crippen LogP contribution in [0.4, 0.5) is 5.13 Å². The molecule has 30 heavy (non-hydrogen) atoms. The monoisotopic (exact) mass is 442 g/mol. The molecule has 5 unspecified atom stereocenters. The average molecular weight is 443 g/mol. The normalized spacial score (nSPS) is 27.6. The van der Waals surface area contributed by atoms with Gasteiger partial charge in [-0.05, 0) is 42.9 Å². The van der Waals surface area contributed by atoms with E-state index in [4.69, 9.17) is 11.6 Å². The van der Waals surface area contributed by atoms with E-state index in [1.54, 1.807) is 31.2 Å². The smallest absolute Gasteiger partial charge is 0.234 e. The number of anilines is 1. The SMILES string of the molecule is Cc1nnc(NC(=O)CC(c2ccc(Cl)cc2)N2C(=O)C3C4C=CC(C4)C3C2=O)s1. The van der Waals surface area contributed by atoms with Crippen LogP contribution in [0.15, 0.2) is 36.4 Å². The van der Waals surface area contributed by atoms with E-state index in [9.17, 15) is 14.4 Å².